The lowest BCUT2D eigenvalue weighted by molar-refractivity contribution is 0.0518. The predicted molar refractivity (Wildman–Crippen MR) is 81.1 cm³/mol. The highest BCUT2D eigenvalue weighted by Gasteiger charge is 2.17. The highest BCUT2D eigenvalue weighted by molar-refractivity contribution is 9.10. The molecule has 1 heterocycles. The van der Waals surface area contributed by atoms with Crippen LogP contribution in [0, 0.1) is 0 Å². The van der Waals surface area contributed by atoms with Gasteiger partial charge < -0.3 is 15.0 Å². The van der Waals surface area contributed by atoms with E-state index in [1.54, 1.807) is 23.8 Å². The lowest BCUT2D eigenvalue weighted by atomic mass is 10.3. The number of nitrogens with zero attached hydrogens (tertiary/aromatic N) is 1. The summed E-state index contributed by atoms with van der Waals surface area (Å²) in [5.74, 6) is -0.414. The first kappa shape index (κ1) is 15.6. The quantitative estimate of drug-likeness (QED) is 0.867. The number of nitrogens with two attached hydrogens (primary N) is 1. The van der Waals surface area contributed by atoms with Gasteiger partial charge in [-0.3, -0.25) is 0 Å². The maximum atomic E-state index is 11.9. The molecule has 0 spiro atoms. The number of ether oxygens (including phenoxy) is 1. The van der Waals surface area contributed by atoms with Crippen LogP contribution in [-0.2, 0) is 4.74 Å². The number of rotatable bonds is 3. The molecule has 0 radical (unpaired) electrons. The molecule has 1 aromatic heterocycles. The maximum absolute atomic E-state index is 11.9. The number of halogens is 2. The number of carbonyl (C=O) groups excluding carboxylic acids is 1. The zero-order valence-electron chi connectivity index (χ0n) is 10.3. The fourth-order valence-corrected chi connectivity index (χ4v) is 1.94. The molecule has 0 aliphatic rings. The van der Waals surface area contributed by atoms with Crippen molar-refractivity contribution in [3.8, 4) is 5.69 Å². The fourth-order valence-electron chi connectivity index (χ4n) is 1.68. The number of nitrogen functional groups attached to an aromatic ring is 1. The Bertz CT molecular complexity index is 567. The fraction of sp³-hybridized carbons (Fsp3) is 0.154. The van der Waals surface area contributed by atoms with Crippen molar-refractivity contribution in [2.45, 2.75) is 6.92 Å². The van der Waals surface area contributed by atoms with E-state index in [0.29, 0.717) is 18.0 Å². The normalized spacial score (nSPS) is 9.79. The van der Waals surface area contributed by atoms with Crippen LogP contribution in [-0.4, -0.2) is 17.1 Å². The molecular formula is C13H14BrClN2O2. The zero-order valence-corrected chi connectivity index (χ0v) is 12.7. The molecule has 0 saturated carbocycles. The van der Waals surface area contributed by atoms with Gasteiger partial charge in [0.15, 0.2) is 5.69 Å². The number of esters is 1. The Labute approximate surface area is 126 Å². The molecule has 0 atom stereocenters. The van der Waals surface area contributed by atoms with E-state index in [-0.39, 0.29) is 12.4 Å². The molecule has 2 N–H and O–H groups in total. The van der Waals surface area contributed by atoms with Crippen LogP contribution in [0.1, 0.15) is 17.4 Å². The van der Waals surface area contributed by atoms with Gasteiger partial charge in [0.1, 0.15) is 0 Å². The van der Waals surface area contributed by atoms with Gasteiger partial charge in [-0.2, -0.15) is 0 Å². The second-order valence-electron chi connectivity index (χ2n) is 3.69. The third-order valence-electron chi connectivity index (χ3n) is 2.49. The van der Waals surface area contributed by atoms with E-state index >= 15 is 0 Å². The number of carbonyl (C=O) groups is 1. The third kappa shape index (κ3) is 3.30. The van der Waals surface area contributed by atoms with Gasteiger partial charge in [0, 0.05) is 16.4 Å². The van der Waals surface area contributed by atoms with Gasteiger partial charge in [-0.05, 0) is 37.3 Å². The molecule has 0 aliphatic heterocycles. The molecule has 102 valence electrons. The molecule has 1 aromatic carbocycles. The van der Waals surface area contributed by atoms with Crippen molar-refractivity contribution in [1.29, 1.82) is 0 Å². The van der Waals surface area contributed by atoms with Gasteiger partial charge in [-0.15, -0.1) is 12.4 Å². The lowest BCUT2D eigenvalue weighted by Gasteiger charge is -2.09. The van der Waals surface area contributed by atoms with Gasteiger partial charge in [0.25, 0.3) is 0 Å². The first-order valence-corrected chi connectivity index (χ1v) is 6.32. The second-order valence-corrected chi connectivity index (χ2v) is 4.60. The summed E-state index contributed by atoms with van der Waals surface area (Å²) in [4.78, 5) is 11.9. The first-order valence-electron chi connectivity index (χ1n) is 5.53. The summed E-state index contributed by atoms with van der Waals surface area (Å²) in [6.45, 7) is 2.09. The second kappa shape index (κ2) is 6.63. The van der Waals surface area contributed by atoms with E-state index in [0.717, 1.165) is 10.2 Å². The average molecular weight is 346 g/mol. The minimum absolute atomic E-state index is 0. The van der Waals surface area contributed by atoms with Crippen LogP contribution in [0.2, 0.25) is 0 Å². The van der Waals surface area contributed by atoms with Crippen LogP contribution in [0.25, 0.3) is 5.69 Å². The molecule has 0 saturated heterocycles. The summed E-state index contributed by atoms with van der Waals surface area (Å²) in [7, 11) is 0. The summed E-state index contributed by atoms with van der Waals surface area (Å²) in [6.07, 6.45) is 1.75. The number of benzene rings is 1. The minimum atomic E-state index is -0.414. The van der Waals surface area contributed by atoms with Crippen molar-refractivity contribution < 1.29 is 9.53 Å². The topological polar surface area (TPSA) is 57.2 Å². The van der Waals surface area contributed by atoms with Crippen molar-refractivity contribution in [1.82, 2.24) is 4.57 Å². The van der Waals surface area contributed by atoms with Crippen molar-refractivity contribution in [3.05, 3.63) is 46.7 Å². The van der Waals surface area contributed by atoms with Crippen LogP contribution in [0.3, 0.4) is 0 Å². The van der Waals surface area contributed by atoms with Crippen LogP contribution in [0.4, 0.5) is 5.69 Å². The highest BCUT2D eigenvalue weighted by Crippen LogP contribution is 2.21. The van der Waals surface area contributed by atoms with Crippen LogP contribution >= 0.6 is 28.3 Å². The number of hydrogen-bond donors (Lipinski definition) is 1. The van der Waals surface area contributed by atoms with Crippen molar-refractivity contribution in [2.75, 3.05) is 12.3 Å². The highest BCUT2D eigenvalue weighted by atomic mass is 79.9. The maximum Gasteiger partial charge on any atom is 0.357 e. The van der Waals surface area contributed by atoms with Crippen LogP contribution < -0.4 is 5.73 Å². The molecule has 0 unspecified atom stereocenters. The summed E-state index contributed by atoms with van der Waals surface area (Å²) < 4.78 is 7.70. The van der Waals surface area contributed by atoms with E-state index in [4.69, 9.17) is 10.5 Å². The Morgan fingerprint density at radius 1 is 1.32 bits per heavy atom. The van der Waals surface area contributed by atoms with Crippen LogP contribution in [0.15, 0.2) is 41.0 Å². The molecule has 6 heteroatoms. The summed E-state index contributed by atoms with van der Waals surface area (Å²) in [6, 6.07) is 9.29. The SMILES string of the molecule is CCOC(=O)c1c(N)ccn1-c1ccc(Br)cc1.Cl. The van der Waals surface area contributed by atoms with E-state index in [1.807, 2.05) is 24.3 Å². The number of hydrogen-bond acceptors (Lipinski definition) is 3. The van der Waals surface area contributed by atoms with Gasteiger partial charge in [0.2, 0.25) is 0 Å². The van der Waals surface area contributed by atoms with Crippen molar-refractivity contribution in [2.24, 2.45) is 0 Å². The number of aromatic nitrogens is 1. The molecule has 2 rings (SSSR count). The molecule has 19 heavy (non-hydrogen) atoms. The Hall–Kier alpha value is -1.46. The Kier molecular flexibility index (Phi) is 5.44. The Balaban J connectivity index is 0.00000180. The number of anilines is 1. The first-order chi connectivity index (χ1) is 8.63. The molecule has 0 fully saturated rings. The van der Waals surface area contributed by atoms with E-state index in [2.05, 4.69) is 15.9 Å². The van der Waals surface area contributed by atoms with E-state index < -0.39 is 5.97 Å². The molecule has 0 aliphatic carbocycles. The largest absolute Gasteiger partial charge is 0.461 e. The van der Waals surface area contributed by atoms with Gasteiger partial charge in [-0.25, -0.2) is 4.79 Å². The van der Waals surface area contributed by atoms with Crippen molar-refractivity contribution >= 4 is 40.0 Å². The van der Waals surface area contributed by atoms with Crippen LogP contribution in [0.5, 0.6) is 0 Å². The summed E-state index contributed by atoms with van der Waals surface area (Å²) in [5, 5.41) is 0. The molecule has 2 aromatic rings. The Morgan fingerprint density at radius 2 is 1.95 bits per heavy atom. The summed E-state index contributed by atoms with van der Waals surface area (Å²) >= 11 is 3.37. The summed E-state index contributed by atoms with van der Waals surface area (Å²) in [5.41, 5.74) is 7.44. The third-order valence-corrected chi connectivity index (χ3v) is 3.02. The van der Waals surface area contributed by atoms with Gasteiger partial charge >= 0.3 is 5.97 Å². The predicted octanol–water partition coefficient (Wildman–Crippen LogP) is 3.42. The van der Waals surface area contributed by atoms with Crippen molar-refractivity contribution in [3.63, 3.8) is 0 Å². The van der Waals surface area contributed by atoms with Gasteiger partial charge in [0.05, 0.1) is 12.3 Å². The van der Waals surface area contributed by atoms with Gasteiger partial charge in [-0.1, -0.05) is 15.9 Å². The smallest absolute Gasteiger partial charge is 0.357 e. The van der Waals surface area contributed by atoms with E-state index in [9.17, 15) is 4.79 Å². The molecular weight excluding hydrogens is 332 g/mol. The molecule has 4 nitrogen and oxygen atoms in total. The Morgan fingerprint density at radius 3 is 2.53 bits per heavy atom. The molecule has 0 amide bonds. The monoisotopic (exact) mass is 344 g/mol. The zero-order chi connectivity index (χ0) is 13.1. The standard InChI is InChI=1S/C13H13BrN2O2.ClH/c1-2-18-13(17)12-11(15)7-8-16(12)10-5-3-9(14)4-6-10;/h3-8H,2,15H2,1H3;1H. The minimum Gasteiger partial charge on any atom is -0.461 e. The lowest BCUT2D eigenvalue weighted by Crippen LogP contribution is -2.12. The van der Waals surface area contributed by atoms with E-state index in [1.165, 1.54) is 0 Å². The average Bonchev–Trinajstić information content (AvgIpc) is 2.72. The molecule has 0 bridgehead atoms.